The third-order valence-corrected chi connectivity index (χ3v) is 4.31. The molecule has 2 rings (SSSR count). The molecule has 0 aromatic rings. The molecule has 0 aromatic heterocycles. The SMILES string of the molecule is COCCC1(CN2CC(=O)NC(CC(C)C)C2=O)CC1. The Hall–Kier alpha value is -1.10. The van der Waals surface area contributed by atoms with Crippen molar-refractivity contribution < 1.29 is 14.3 Å². The highest BCUT2D eigenvalue weighted by Crippen LogP contribution is 2.49. The van der Waals surface area contributed by atoms with Gasteiger partial charge in [-0.1, -0.05) is 13.8 Å². The average Bonchev–Trinajstić information content (AvgIpc) is 3.12. The van der Waals surface area contributed by atoms with Gasteiger partial charge in [-0.2, -0.15) is 0 Å². The maximum absolute atomic E-state index is 12.5. The van der Waals surface area contributed by atoms with Gasteiger partial charge < -0.3 is 15.0 Å². The summed E-state index contributed by atoms with van der Waals surface area (Å²) < 4.78 is 5.15. The van der Waals surface area contributed by atoms with E-state index in [4.69, 9.17) is 4.74 Å². The molecule has 0 radical (unpaired) electrons. The molecule has 1 saturated heterocycles. The molecule has 1 aliphatic heterocycles. The Morgan fingerprint density at radius 1 is 1.40 bits per heavy atom. The third-order valence-electron chi connectivity index (χ3n) is 4.31. The van der Waals surface area contributed by atoms with Gasteiger partial charge in [0.05, 0.1) is 6.54 Å². The fourth-order valence-corrected chi connectivity index (χ4v) is 2.93. The van der Waals surface area contributed by atoms with Crippen molar-refractivity contribution in [1.82, 2.24) is 10.2 Å². The zero-order valence-electron chi connectivity index (χ0n) is 12.8. The van der Waals surface area contributed by atoms with Crippen molar-refractivity contribution in [2.75, 3.05) is 26.8 Å². The van der Waals surface area contributed by atoms with Gasteiger partial charge in [0.25, 0.3) is 0 Å². The van der Waals surface area contributed by atoms with E-state index in [1.807, 2.05) is 0 Å². The van der Waals surface area contributed by atoms with Crippen molar-refractivity contribution in [3.05, 3.63) is 0 Å². The number of nitrogens with zero attached hydrogens (tertiary/aromatic N) is 1. The van der Waals surface area contributed by atoms with Crippen molar-refractivity contribution in [2.24, 2.45) is 11.3 Å². The van der Waals surface area contributed by atoms with Crippen LogP contribution in [0.4, 0.5) is 0 Å². The van der Waals surface area contributed by atoms with Gasteiger partial charge in [-0.3, -0.25) is 9.59 Å². The fraction of sp³-hybridized carbons (Fsp3) is 0.867. The largest absolute Gasteiger partial charge is 0.385 e. The molecule has 1 saturated carbocycles. The smallest absolute Gasteiger partial charge is 0.245 e. The van der Waals surface area contributed by atoms with E-state index in [0.29, 0.717) is 18.9 Å². The molecule has 0 aromatic carbocycles. The minimum Gasteiger partial charge on any atom is -0.385 e. The first-order valence-corrected chi connectivity index (χ1v) is 7.53. The Bertz CT molecular complexity index is 377. The van der Waals surface area contributed by atoms with E-state index in [1.165, 1.54) is 0 Å². The lowest BCUT2D eigenvalue weighted by molar-refractivity contribution is -0.145. The number of rotatable bonds is 7. The minimum absolute atomic E-state index is 0.0298. The molecule has 1 N–H and O–H groups in total. The molecule has 5 heteroatoms. The Morgan fingerprint density at radius 2 is 2.10 bits per heavy atom. The Kier molecular flexibility index (Phi) is 4.68. The van der Waals surface area contributed by atoms with Crippen molar-refractivity contribution in [1.29, 1.82) is 0 Å². The highest BCUT2D eigenvalue weighted by Gasteiger charge is 2.46. The van der Waals surface area contributed by atoms with Crippen LogP contribution >= 0.6 is 0 Å². The number of piperazine rings is 1. The summed E-state index contributed by atoms with van der Waals surface area (Å²) in [5.74, 6) is 0.451. The first kappa shape index (κ1) is 15.3. The number of ether oxygens (including phenoxy) is 1. The second-order valence-corrected chi connectivity index (χ2v) is 6.69. The van der Waals surface area contributed by atoms with Crippen LogP contribution < -0.4 is 5.32 Å². The molecule has 2 aliphatic rings. The molecule has 2 fully saturated rings. The molecular formula is C15H26N2O3. The van der Waals surface area contributed by atoms with Crippen LogP contribution in [0.1, 0.15) is 39.5 Å². The Balaban J connectivity index is 1.96. The number of carbonyl (C=O) groups excluding carboxylic acids is 2. The second-order valence-electron chi connectivity index (χ2n) is 6.69. The molecule has 2 amide bonds. The van der Waals surface area contributed by atoms with E-state index < -0.39 is 0 Å². The van der Waals surface area contributed by atoms with E-state index in [-0.39, 0.29) is 29.8 Å². The number of hydrogen-bond donors (Lipinski definition) is 1. The van der Waals surface area contributed by atoms with Gasteiger partial charge in [0.2, 0.25) is 11.8 Å². The molecule has 0 bridgehead atoms. The number of amides is 2. The van der Waals surface area contributed by atoms with E-state index in [0.717, 1.165) is 25.9 Å². The topological polar surface area (TPSA) is 58.6 Å². The van der Waals surface area contributed by atoms with Crippen molar-refractivity contribution in [3.8, 4) is 0 Å². The summed E-state index contributed by atoms with van der Waals surface area (Å²) >= 11 is 0. The first-order chi connectivity index (χ1) is 9.46. The summed E-state index contributed by atoms with van der Waals surface area (Å²) in [4.78, 5) is 26.0. The van der Waals surface area contributed by atoms with Crippen LogP contribution in [0.3, 0.4) is 0 Å². The fourth-order valence-electron chi connectivity index (χ4n) is 2.93. The highest BCUT2D eigenvalue weighted by atomic mass is 16.5. The van der Waals surface area contributed by atoms with Crippen LogP contribution in [-0.4, -0.2) is 49.6 Å². The van der Waals surface area contributed by atoms with E-state index >= 15 is 0 Å². The summed E-state index contributed by atoms with van der Waals surface area (Å²) in [7, 11) is 1.70. The first-order valence-electron chi connectivity index (χ1n) is 7.53. The molecule has 1 aliphatic carbocycles. The molecule has 5 nitrogen and oxygen atoms in total. The quantitative estimate of drug-likeness (QED) is 0.763. The average molecular weight is 282 g/mol. The number of methoxy groups -OCH3 is 1. The maximum Gasteiger partial charge on any atom is 0.245 e. The summed E-state index contributed by atoms with van der Waals surface area (Å²) in [6.45, 7) is 5.78. The summed E-state index contributed by atoms with van der Waals surface area (Å²) in [5.41, 5.74) is 0.200. The molecule has 0 spiro atoms. The van der Waals surface area contributed by atoms with Gasteiger partial charge in [0.1, 0.15) is 6.04 Å². The monoisotopic (exact) mass is 282 g/mol. The van der Waals surface area contributed by atoms with Gasteiger partial charge in [0.15, 0.2) is 0 Å². The van der Waals surface area contributed by atoms with Gasteiger partial charge in [-0.25, -0.2) is 0 Å². The second kappa shape index (κ2) is 6.12. The standard InChI is InChI=1S/C15H26N2O3/c1-11(2)8-12-14(19)17(9-13(18)16-12)10-15(4-5-15)6-7-20-3/h11-12H,4-10H2,1-3H3,(H,16,18). The lowest BCUT2D eigenvalue weighted by atomic mass is 9.98. The normalized spacial score (nSPS) is 25.0. The summed E-state index contributed by atoms with van der Waals surface area (Å²) in [5, 5.41) is 2.82. The van der Waals surface area contributed by atoms with E-state index in [2.05, 4.69) is 19.2 Å². The van der Waals surface area contributed by atoms with Crippen LogP contribution in [0, 0.1) is 11.3 Å². The van der Waals surface area contributed by atoms with Crippen molar-refractivity contribution in [2.45, 2.75) is 45.6 Å². The maximum atomic E-state index is 12.5. The van der Waals surface area contributed by atoms with Crippen LogP contribution in [0.25, 0.3) is 0 Å². The zero-order chi connectivity index (χ0) is 14.8. The van der Waals surface area contributed by atoms with Crippen molar-refractivity contribution >= 4 is 11.8 Å². The summed E-state index contributed by atoms with van der Waals surface area (Å²) in [6.07, 6.45) is 3.96. The summed E-state index contributed by atoms with van der Waals surface area (Å²) in [6, 6.07) is -0.338. The molecule has 114 valence electrons. The number of nitrogens with one attached hydrogen (secondary N) is 1. The van der Waals surface area contributed by atoms with Crippen molar-refractivity contribution in [3.63, 3.8) is 0 Å². The number of hydrogen-bond acceptors (Lipinski definition) is 3. The van der Waals surface area contributed by atoms with Crippen LogP contribution in [-0.2, 0) is 14.3 Å². The van der Waals surface area contributed by atoms with Crippen LogP contribution in [0.15, 0.2) is 0 Å². The molecule has 20 heavy (non-hydrogen) atoms. The van der Waals surface area contributed by atoms with Gasteiger partial charge >= 0.3 is 0 Å². The predicted molar refractivity (Wildman–Crippen MR) is 76.1 cm³/mol. The highest BCUT2D eigenvalue weighted by molar-refractivity contribution is 5.94. The van der Waals surface area contributed by atoms with Crippen LogP contribution in [0.2, 0.25) is 0 Å². The lowest BCUT2D eigenvalue weighted by Crippen LogP contribution is -2.59. The van der Waals surface area contributed by atoms with Crippen LogP contribution in [0.5, 0.6) is 0 Å². The van der Waals surface area contributed by atoms with Gasteiger partial charge in [0, 0.05) is 20.3 Å². The van der Waals surface area contributed by atoms with Gasteiger partial charge in [-0.15, -0.1) is 0 Å². The molecular weight excluding hydrogens is 256 g/mol. The Morgan fingerprint density at radius 3 is 2.65 bits per heavy atom. The molecule has 1 unspecified atom stereocenters. The third kappa shape index (κ3) is 3.72. The molecule has 1 heterocycles. The molecule has 1 atom stereocenters. The Labute approximate surface area is 121 Å². The van der Waals surface area contributed by atoms with Gasteiger partial charge in [-0.05, 0) is 37.0 Å². The predicted octanol–water partition coefficient (Wildman–Crippen LogP) is 1.18. The lowest BCUT2D eigenvalue weighted by Gasteiger charge is -2.35. The zero-order valence-corrected chi connectivity index (χ0v) is 12.8. The van der Waals surface area contributed by atoms with E-state index in [9.17, 15) is 9.59 Å². The van der Waals surface area contributed by atoms with E-state index in [1.54, 1.807) is 12.0 Å². The minimum atomic E-state index is -0.338. The number of carbonyl (C=O) groups is 2.